The van der Waals surface area contributed by atoms with E-state index in [9.17, 15) is 13.2 Å². The minimum atomic E-state index is -3.17. The topological polar surface area (TPSA) is 72.9 Å². The van der Waals surface area contributed by atoms with E-state index in [0.29, 0.717) is 33.5 Å². The number of methoxy groups -OCH3 is 1. The Hall–Kier alpha value is -1.96. The highest BCUT2D eigenvalue weighted by Crippen LogP contribution is 2.28. The summed E-state index contributed by atoms with van der Waals surface area (Å²) in [6, 6.07) is 11.6. The summed E-state index contributed by atoms with van der Waals surface area (Å²) in [7, 11) is -1.65. The van der Waals surface area contributed by atoms with Crippen LogP contribution < -0.4 is 9.47 Å². The number of hydrogen-bond donors (Lipinski definition) is 0. The van der Waals surface area contributed by atoms with E-state index in [1.807, 2.05) is 0 Å². The third kappa shape index (κ3) is 5.56. The molecule has 0 aromatic heterocycles. The van der Waals surface area contributed by atoms with Crippen LogP contribution in [0.4, 0.5) is 0 Å². The number of amides is 1. The van der Waals surface area contributed by atoms with Gasteiger partial charge in [0, 0.05) is 22.6 Å². The van der Waals surface area contributed by atoms with Crippen LogP contribution in [0.25, 0.3) is 0 Å². The fourth-order valence-corrected chi connectivity index (χ4v) is 5.43. The summed E-state index contributed by atoms with van der Waals surface area (Å²) in [6.45, 7) is -0.0769. The fourth-order valence-electron chi connectivity index (χ4n) is 3.24. The lowest BCUT2D eigenvalue weighted by Crippen LogP contribution is -2.43. The molecule has 1 aliphatic rings. The molecule has 0 bridgehead atoms. The third-order valence-corrected chi connectivity index (χ3v) is 7.08. The number of sulfone groups is 1. The number of hydrogen-bond acceptors (Lipinski definition) is 5. The maximum atomic E-state index is 13.0. The first-order chi connectivity index (χ1) is 13.8. The Balaban J connectivity index is 1.79. The van der Waals surface area contributed by atoms with E-state index in [1.165, 1.54) is 12.0 Å². The summed E-state index contributed by atoms with van der Waals surface area (Å²) in [4.78, 5) is 14.5. The Morgan fingerprint density at radius 1 is 1.17 bits per heavy atom. The summed E-state index contributed by atoms with van der Waals surface area (Å²) in [5.41, 5.74) is 0.686. The molecule has 1 heterocycles. The van der Waals surface area contributed by atoms with Crippen molar-refractivity contribution in [3.63, 3.8) is 0 Å². The molecule has 156 valence electrons. The van der Waals surface area contributed by atoms with Gasteiger partial charge in [-0.25, -0.2) is 8.42 Å². The molecule has 29 heavy (non-hydrogen) atoms. The van der Waals surface area contributed by atoms with Crippen molar-refractivity contribution in [3.8, 4) is 11.5 Å². The van der Waals surface area contributed by atoms with Gasteiger partial charge in [0.2, 0.25) is 0 Å². The first kappa shape index (κ1) is 21.7. The highest BCUT2D eigenvalue weighted by atomic mass is 35.5. The maximum absolute atomic E-state index is 13.0. The first-order valence-corrected chi connectivity index (χ1v) is 11.6. The molecule has 1 unspecified atom stereocenters. The smallest absolute Gasteiger partial charge is 0.261 e. The van der Waals surface area contributed by atoms with Crippen molar-refractivity contribution >= 4 is 38.9 Å². The molecular formula is C20H21Cl2NO5S. The van der Waals surface area contributed by atoms with E-state index in [0.717, 1.165) is 0 Å². The maximum Gasteiger partial charge on any atom is 0.261 e. The summed E-state index contributed by atoms with van der Waals surface area (Å²) in [5.74, 6) is 0.605. The summed E-state index contributed by atoms with van der Waals surface area (Å²) >= 11 is 12.2. The molecule has 3 rings (SSSR count). The Morgan fingerprint density at radius 3 is 2.52 bits per heavy atom. The molecule has 1 atom stereocenters. The van der Waals surface area contributed by atoms with Gasteiger partial charge in [0.15, 0.2) is 27.9 Å². The SMILES string of the molecule is COc1ccccc1OCC(=O)N(Cc1ccc(Cl)cc1Cl)C1CCS(=O)(=O)C1. The lowest BCUT2D eigenvalue weighted by Gasteiger charge is -2.29. The second-order valence-corrected chi connectivity index (χ2v) is 9.83. The minimum Gasteiger partial charge on any atom is -0.493 e. The predicted molar refractivity (Wildman–Crippen MR) is 113 cm³/mol. The van der Waals surface area contributed by atoms with E-state index in [2.05, 4.69) is 0 Å². The Kier molecular flexibility index (Phi) is 6.93. The van der Waals surface area contributed by atoms with Crippen LogP contribution in [-0.4, -0.2) is 50.5 Å². The summed E-state index contributed by atoms with van der Waals surface area (Å²) in [6.07, 6.45) is 0.383. The zero-order chi connectivity index (χ0) is 21.0. The van der Waals surface area contributed by atoms with Crippen molar-refractivity contribution < 1.29 is 22.7 Å². The van der Waals surface area contributed by atoms with Crippen LogP contribution in [-0.2, 0) is 21.2 Å². The van der Waals surface area contributed by atoms with E-state index in [-0.39, 0.29) is 30.6 Å². The number of rotatable bonds is 7. The number of carbonyl (C=O) groups excluding carboxylic acids is 1. The van der Waals surface area contributed by atoms with Gasteiger partial charge < -0.3 is 14.4 Å². The predicted octanol–water partition coefficient (Wildman–Crippen LogP) is 3.60. The average molecular weight is 458 g/mol. The lowest BCUT2D eigenvalue weighted by molar-refractivity contribution is -0.136. The normalized spacial score (nSPS) is 17.7. The number of benzene rings is 2. The molecule has 1 saturated heterocycles. The van der Waals surface area contributed by atoms with Crippen LogP contribution >= 0.6 is 23.2 Å². The fraction of sp³-hybridized carbons (Fsp3) is 0.350. The van der Waals surface area contributed by atoms with Gasteiger partial charge in [0.25, 0.3) is 5.91 Å². The van der Waals surface area contributed by atoms with Crippen molar-refractivity contribution in [3.05, 3.63) is 58.1 Å². The highest BCUT2D eigenvalue weighted by Gasteiger charge is 2.35. The first-order valence-electron chi connectivity index (χ1n) is 8.98. The number of ether oxygens (including phenoxy) is 2. The van der Waals surface area contributed by atoms with Crippen LogP contribution in [0.2, 0.25) is 10.0 Å². The monoisotopic (exact) mass is 457 g/mol. The molecule has 0 radical (unpaired) electrons. The van der Waals surface area contributed by atoms with Gasteiger partial charge >= 0.3 is 0 Å². The van der Waals surface area contributed by atoms with Gasteiger partial charge in [0.05, 0.1) is 18.6 Å². The van der Waals surface area contributed by atoms with Crippen LogP contribution in [0.1, 0.15) is 12.0 Å². The van der Waals surface area contributed by atoms with Crippen molar-refractivity contribution in [2.45, 2.75) is 19.0 Å². The van der Waals surface area contributed by atoms with Crippen molar-refractivity contribution in [1.29, 1.82) is 0 Å². The molecular weight excluding hydrogens is 437 g/mol. The van der Waals surface area contributed by atoms with Gasteiger partial charge in [-0.2, -0.15) is 0 Å². The molecule has 2 aromatic carbocycles. The minimum absolute atomic E-state index is 0.0587. The molecule has 0 saturated carbocycles. The third-order valence-electron chi connectivity index (χ3n) is 4.75. The van der Waals surface area contributed by atoms with E-state index in [1.54, 1.807) is 42.5 Å². The largest absolute Gasteiger partial charge is 0.493 e. The van der Waals surface area contributed by atoms with Gasteiger partial charge in [-0.1, -0.05) is 41.4 Å². The van der Waals surface area contributed by atoms with E-state index in [4.69, 9.17) is 32.7 Å². The number of para-hydroxylation sites is 2. The van der Waals surface area contributed by atoms with E-state index < -0.39 is 15.9 Å². The number of carbonyl (C=O) groups is 1. The molecule has 6 nitrogen and oxygen atoms in total. The second kappa shape index (κ2) is 9.24. The molecule has 1 amide bonds. The zero-order valence-electron chi connectivity index (χ0n) is 15.8. The molecule has 2 aromatic rings. The van der Waals surface area contributed by atoms with Gasteiger partial charge in [-0.3, -0.25) is 4.79 Å². The summed E-state index contributed by atoms with van der Waals surface area (Å²) < 4.78 is 34.8. The zero-order valence-corrected chi connectivity index (χ0v) is 18.1. The van der Waals surface area contributed by atoms with E-state index >= 15 is 0 Å². The lowest BCUT2D eigenvalue weighted by atomic mass is 10.1. The van der Waals surface area contributed by atoms with Crippen LogP contribution in [0.15, 0.2) is 42.5 Å². The van der Waals surface area contributed by atoms with Crippen LogP contribution in [0, 0.1) is 0 Å². The van der Waals surface area contributed by atoms with Crippen molar-refractivity contribution in [2.24, 2.45) is 0 Å². The van der Waals surface area contributed by atoms with Crippen LogP contribution in [0.3, 0.4) is 0 Å². The van der Waals surface area contributed by atoms with Gasteiger partial charge in [0.1, 0.15) is 0 Å². The average Bonchev–Trinajstić information content (AvgIpc) is 3.05. The van der Waals surface area contributed by atoms with Crippen LogP contribution in [0.5, 0.6) is 11.5 Å². The van der Waals surface area contributed by atoms with Gasteiger partial charge in [-0.15, -0.1) is 0 Å². The Morgan fingerprint density at radius 2 is 1.90 bits per heavy atom. The number of halogens is 2. The van der Waals surface area contributed by atoms with Crippen molar-refractivity contribution in [2.75, 3.05) is 25.2 Å². The second-order valence-electron chi connectivity index (χ2n) is 6.75. The molecule has 0 N–H and O–H groups in total. The molecule has 9 heteroatoms. The quantitative estimate of drug-likeness (QED) is 0.634. The number of nitrogens with zero attached hydrogens (tertiary/aromatic N) is 1. The molecule has 0 spiro atoms. The van der Waals surface area contributed by atoms with Gasteiger partial charge in [-0.05, 0) is 36.2 Å². The van der Waals surface area contributed by atoms with Crippen molar-refractivity contribution in [1.82, 2.24) is 4.90 Å². The highest BCUT2D eigenvalue weighted by molar-refractivity contribution is 7.91. The molecule has 0 aliphatic carbocycles. The summed E-state index contributed by atoms with van der Waals surface area (Å²) in [5, 5.41) is 0.904. The molecule has 1 aliphatic heterocycles. The molecule has 1 fully saturated rings. The standard InChI is InChI=1S/C20H21Cl2NO5S/c1-27-18-4-2-3-5-19(18)28-12-20(24)23(16-8-9-29(25,26)13-16)11-14-6-7-15(21)10-17(14)22/h2-7,10,16H,8-9,11-13H2,1H3. The Labute approximate surface area is 180 Å². The Bertz CT molecular complexity index is 996.